The Morgan fingerprint density at radius 3 is 2.92 bits per heavy atom. The lowest BCUT2D eigenvalue weighted by molar-refractivity contribution is 0.472. The van der Waals surface area contributed by atoms with Crippen LogP contribution in [0.25, 0.3) is 0 Å². The van der Waals surface area contributed by atoms with Crippen molar-refractivity contribution in [2.24, 2.45) is 5.73 Å². The van der Waals surface area contributed by atoms with Gasteiger partial charge < -0.3 is 11.1 Å². The van der Waals surface area contributed by atoms with E-state index >= 15 is 0 Å². The predicted molar refractivity (Wildman–Crippen MR) is 48.5 cm³/mol. The summed E-state index contributed by atoms with van der Waals surface area (Å²) >= 11 is 0. The smallest absolute Gasteiger partial charge is 0.316 e. The monoisotopic (exact) mass is 184 g/mol. The zero-order valence-electron chi connectivity index (χ0n) is 7.28. The molecule has 1 aromatic rings. The molecule has 72 valence electrons. The van der Waals surface area contributed by atoms with Gasteiger partial charge in [-0.1, -0.05) is 0 Å². The maximum Gasteiger partial charge on any atom is 0.329 e. The van der Waals surface area contributed by atoms with Crippen molar-refractivity contribution in [2.45, 2.75) is 6.17 Å². The topological polar surface area (TPSA) is 92.9 Å². The summed E-state index contributed by atoms with van der Waals surface area (Å²) in [5.41, 5.74) is 4.73. The second kappa shape index (κ2) is 4.01. The molecule has 0 radical (unpaired) electrons. The van der Waals surface area contributed by atoms with E-state index in [0.29, 0.717) is 6.54 Å². The number of rotatable bonds is 3. The molecule has 1 rings (SSSR count). The molecular formula is C7H12N4O2. The molecule has 0 spiro atoms. The molecule has 0 bridgehead atoms. The summed E-state index contributed by atoms with van der Waals surface area (Å²) < 4.78 is 1.26. The van der Waals surface area contributed by atoms with Crippen LogP contribution in [-0.4, -0.2) is 23.1 Å². The summed E-state index contributed by atoms with van der Waals surface area (Å²) in [7, 11) is 1.73. The van der Waals surface area contributed by atoms with Crippen molar-refractivity contribution in [3.05, 3.63) is 33.1 Å². The van der Waals surface area contributed by atoms with Crippen LogP contribution in [0.4, 0.5) is 0 Å². The van der Waals surface area contributed by atoms with Crippen molar-refractivity contribution >= 4 is 0 Å². The fraction of sp³-hybridized carbons (Fsp3) is 0.429. The molecule has 0 aliphatic carbocycles. The van der Waals surface area contributed by atoms with Gasteiger partial charge in [0.25, 0.3) is 5.56 Å². The Kier molecular flexibility index (Phi) is 2.99. The lowest BCUT2D eigenvalue weighted by Crippen LogP contribution is -2.39. The first-order valence-electron chi connectivity index (χ1n) is 3.87. The highest BCUT2D eigenvalue weighted by atomic mass is 16.2. The van der Waals surface area contributed by atoms with Gasteiger partial charge in [-0.15, -0.1) is 0 Å². The summed E-state index contributed by atoms with van der Waals surface area (Å²) in [6, 6.07) is 1.26. The van der Waals surface area contributed by atoms with Gasteiger partial charge in [-0.2, -0.15) is 0 Å². The van der Waals surface area contributed by atoms with E-state index in [1.807, 2.05) is 0 Å². The largest absolute Gasteiger partial charge is 0.329 e. The Morgan fingerprint density at radius 1 is 1.69 bits per heavy atom. The molecule has 0 aromatic carbocycles. The van der Waals surface area contributed by atoms with Crippen molar-refractivity contribution in [3.8, 4) is 0 Å². The average molecular weight is 184 g/mol. The Balaban J connectivity index is 3.02. The minimum atomic E-state index is -0.491. The van der Waals surface area contributed by atoms with Crippen LogP contribution in [0.2, 0.25) is 0 Å². The van der Waals surface area contributed by atoms with Gasteiger partial charge in [0.1, 0.15) is 0 Å². The van der Waals surface area contributed by atoms with Crippen LogP contribution in [0.1, 0.15) is 6.17 Å². The highest BCUT2D eigenvalue weighted by molar-refractivity contribution is 4.84. The van der Waals surface area contributed by atoms with E-state index in [-0.39, 0.29) is 0 Å². The van der Waals surface area contributed by atoms with Gasteiger partial charge in [-0.3, -0.25) is 14.3 Å². The van der Waals surface area contributed by atoms with E-state index in [2.05, 4.69) is 10.3 Å². The molecular weight excluding hydrogens is 172 g/mol. The molecule has 1 atom stereocenters. The fourth-order valence-electron chi connectivity index (χ4n) is 0.996. The molecule has 6 nitrogen and oxygen atoms in total. The quantitative estimate of drug-likeness (QED) is 0.517. The van der Waals surface area contributed by atoms with Crippen LogP contribution in [0.5, 0.6) is 0 Å². The number of H-pyrrole nitrogens is 1. The summed E-state index contributed by atoms with van der Waals surface area (Å²) in [5.74, 6) is 0. The summed E-state index contributed by atoms with van der Waals surface area (Å²) in [6.45, 7) is 0.464. The molecule has 6 heteroatoms. The minimum Gasteiger partial charge on any atom is -0.316 e. The lowest BCUT2D eigenvalue weighted by atomic mass is 10.5. The zero-order chi connectivity index (χ0) is 9.84. The zero-order valence-corrected chi connectivity index (χ0v) is 7.28. The van der Waals surface area contributed by atoms with E-state index < -0.39 is 17.4 Å². The number of aromatic amines is 1. The maximum absolute atomic E-state index is 11.2. The third-order valence-electron chi connectivity index (χ3n) is 1.62. The lowest BCUT2D eigenvalue weighted by Gasteiger charge is -2.12. The van der Waals surface area contributed by atoms with Gasteiger partial charge in [0.05, 0.1) is 6.17 Å². The van der Waals surface area contributed by atoms with Crippen molar-refractivity contribution in [1.29, 1.82) is 0 Å². The third-order valence-corrected chi connectivity index (χ3v) is 1.62. The minimum absolute atomic E-state index is 0.419. The van der Waals surface area contributed by atoms with Gasteiger partial charge >= 0.3 is 5.69 Å². The normalized spacial score (nSPS) is 12.8. The molecule has 13 heavy (non-hydrogen) atoms. The molecule has 0 aliphatic rings. The van der Waals surface area contributed by atoms with Gasteiger partial charge in [-0.05, 0) is 7.05 Å². The molecule has 0 amide bonds. The molecule has 0 fully saturated rings. The Hall–Kier alpha value is -1.40. The van der Waals surface area contributed by atoms with Gasteiger partial charge in [0.15, 0.2) is 0 Å². The number of likely N-dealkylation sites (N-methyl/N-ethyl adjacent to an activating group) is 1. The Morgan fingerprint density at radius 2 is 2.38 bits per heavy atom. The molecule has 1 unspecified atom stereocenters. The van der Waals surface area contributed by atoms with Crippen LogP contribution >= 0.6 is 0 Å². The second-order valence-electron chi connectivity index (χ2n) is 2.64. The number of hydrogen-bond donors (Lipinski definition) is 3. The van der Waals surface area contributed by atoms with E-state index in [1.165, 1.54) is 16.8 Å². The van der Waals surface area contributed by atoms with E-state index in [1.54, 1.807) is 7.05 Å². The molecule has 1 heterocycles. The van der Waals surface area contributed by atoms with E-state index in [9.17, 15) is 9.59 Å². The molecule has 0 aliphatic heterocycles. The predicted octanol–water partition coefficient (Wildman–Crippen LogP) is -1.79. The first-order valence-corrected chi connectivity index (χ1v) is 3.87. The number of nitrogens with two attached hydrogens (primary N) is 1. The Labute approximate surface area is 74.4 Å². The molecule has 0 saturated heterocycles. The maximum atomic E-state index is 11.2. The van der Waals surface area contributed by atoms with Gasteiger partial charge in [0.2, 0.25) is 0 Å². The second-order valence-corrected chi connectivity index (χ2v) is 2.64. The summed E-state index contributed by atoms with van der Waals surface area (Å²) in [5, 5.41) is 2.83. The summed E-state index contributed by atoms with van der Waals surface area (Å²) in [6.07, 6.45) is 0.915. The third kappa shape index (κ3) is 2.27. The highest BCUT2D eigenvalue weighted by Gasteiger charge is 2.04. The van der Waals surface area contributed by atoms with E-state index in [0.717, 1.165) is 0 Å². The standard InChI is InChI=1S/C7H12N4O2/c1-9-4-5(8)11-3-2-6(12)10-7(11)13/h2-3,5,9H,4,8H2,1H3,(H,10,12,13). The van der Waals surface area contributed by atoms with Crippen LogP contribution in [0.15, 0.2) is 21.9 Å². The number of nitrogens with one attached hydrogen (secondary N) is 2. The van der Waals surface area contributed by atoms with Gasteiger partial charge in [-0.25, -0.2) is 4.79 Å². The molecule has 0 saturated carbocycles. The molecule has 4 N–H and O–H groups in total. The van der Waals surface area contributed by atoms with Crippen molar-refractivity contribution < 1.29 is 0 Å². The van der Waals surface area contributed by atoms with Crippen molar-refractivity contribution in [1.82, 2.24) is 14.9 Å². The van der Waals surface area contributed by atoms with Gasteiger partial charge in [0, 0.05) is 18.8 Å². The van der Waals surface area contributed by atoms with Crippen LogP contribution in [-0.2, 0) is 0 Å². The number of nitrogens with zero attached hydrogens (tertiary/aromatic N) is 1. The van der Waals surface area contributed by atoms with Crippen molar-refractivity contribution in [3.63, 3.8) is 0 Å². The number of hydrogen-bond acceptors (Lipinski definition) is 4. The highest BCUT2D eigenvalue weighted by Crippen LogP contribution is 1.88. The first-order chi connectivity index (χ1) is 6.15. The van der Waals surface area contributed by atoms with E-state index in [4.69, 9.17) is 5.73 Å². The molecule has 1 aromatic heterocycles. The average Bonchev–Trinajstić information content (AvgIpc) is 2.04. The first kappa shape index (κ1) is 9.69. The number of aromatic nitrogens is 2. The summed E-state index contributed by atoms with van der Waals surface area (Å²) in [4.78, 5) is 24.0. The van der Waals surface area contributed by atoms with Crippen LogP contribution in [0.3, 0.4) is 0 Å². The Bertz CT molecular complexity index is 381. The van der Waals surface area contributed by atoms with Crippen molar-refractivity contribution in [2.75, 3.05) is 13.6 Å². The van der Waals surface area contributed by atoms with Crippen LogP contribution in [0, 0.1) is 0 Å². The van der Waals surface area contributed by atoms with Crippen LogP contribution < -0.4 is 22.3 Å². The fourth-order valence-corrected chi connectivity index (χ4v) is 0.996. The SMILES string of the molecule is CNCC(N)n1ccc(=O)[nH]c1=O.